The van der Waals surface area contributed by atoms with Crippen LogP contribution in [0, 0.1) is 6.92 Å². The molecule has 2 heterocycles. The second kappa shape index (κ2) is 3.85. The molecule has 0 radical (unpaired) electrons. The van der Waals surface area contributed by atoms with Crippen molar-refractivity contribution in [3.8, 4) is 0 Å². The molecule has 0 amide bonds. The van der Waals surface area contributed by atoms with Gasteiger partial charge in [0.1, 0.15) is 5.01 Å². The van der Waals surface area contributed by atoms with Gasteiger partial charge in [-0.1, -0.05) is 6.07 Å². The van der Waals surface area contributed by atoms with Crippen molar-refractivity contribution >= 4 is 27.2 Å². The highest BCUT2D eigenvalue weighted by Gasteiger charge is 2.05. The molecule has 86 valence electrons. The van der Waals surface area contributed by atoms with Gasteiger partial charge in [-0.15, -0.1) is 11.3 Å². The third kappa shape index (κ3) is 2.01. The van der Waals surface area contributed by atoms with Gasteiger partial charge < -0.3 is 5.73 Å². The van der Waals surface area contributed by atoms with Gasteiger partial charge in [-0.25, -0.2) is 4.98 Å². The van der Waals surface area contributed by atoms with Crippen molar-refractivity contribution < 1.29 is 0 Å². The predicted octanol–water partition coefficient (Wildman–Crippen LogP) is 2.43. The lowest BCUT2D eigenvalue weighted by Gasteiger charge is -1.94. The van der Waals surface area contributed by atoms with Gasteiger partial charge >= 0.3 is 0 Å². The molecule has 0 atom stereocenters. The summed E-state index contributed by atoms with van der Waals surface area (Å²) in [6, 6.07) is 6.30. The molecule has 0 aliphatic rings. The fourth-order valence-electron chi connectivity index (χ4n) is 1.75. The van der Waals surface area contributed by atoms with Crippen molar-refractivity contribution in [1.82, 2.24) is 14.8 Å². The van der Waals surface area contributed by atoms with Crippen LogP contribution in [0.2, 0.25) is 0 Å². The maximum Gasteiger partial charge on any atom is 0.115 e. The highest BCUT2D eigenvalue weighted by Crippen LogP contribution is 2.23. The summed E-state index contributed by atoms with van der Waals surface area (Å²) < 4.78 is 3.03. The minimum atomic E-state index is 0.676. The molecule has 5 heteroatoms. The van der Waals surface area contributed by atoms with E-state index in [1.54, 1.807) is 22.2 Å². The topological polar surface area (TPSA) is 56.7 Å². The number of nitrogens with two attached hydrogens (primary N) is 1. The molecule has 4 nitrogen and oxygen atoms in total. The molecule has 0 saturated carbocycles. The van der Waals surface area contributed by atoms with Crippen LogP contribution in [0.3, 0.4) is 0 Å². The van der Waals surface area contributed by atoms with Gasteiger partial charge in [0.2, 0.25) is 0 Å². The largest absolute Gasteiger partial charge is 0.396 e. The quantitative estimate of drug-likeness (QED) is 0.753. The number of hydrogen-bond donors (Lipinski definition) is 1. The van der Waals surface area contributed by atoms with Gasteiger partial charge in [0, 0.05) is 6.20 Å². The van der Waals surface area contributed by atoms with Crippen molar-refractivity contribution in [2.24, 2.45) is 0 Å². The van der Waals surface area contributed by atoms with Crippen LogP contribution >= 0.6 is 11.3 Å². The normalized spacial score (nSPS) is 11.1. The minimum Gasteiger partial charge on any atom is -0.396 e. The molecule has 0 saturated heterocycles. The zero-order valence-electron chi connectivity index (χ0n) is 9.42. The number of nitrogen functional groups attached to an aromatic ring is 1. The number of thiazole rings is 1. The molecule has 1 aromatic carbocycles. The second-order valence-electron chi connectivity index (χ2n) is 4.05. The van der Waals surface area contributed by atoms with E-state index in [4.69, 9.17) is 5.73 Å². The summed E-state index contributed by atoms with van der Waals surface area (Å²) in [7, 11) is 0. The Morgan fingerprint density at radius 3 is 3.06 bits per heavy atom. The number of fused-ring (bicyclic) bond motifs is 1. The summed E-state index contributed by atoms with van der Waals surface area (Å²) in [6.07, 6.45) is 3.47. The van der Waals surface area contributed by atoms with Crippen LogP contribution in [-0.2, 0) is 6.54 Å². The van der Waals surface area contributed by atoms with Gasteiger partial charge in [-0.2, -0.15) is 5.10 Å². The number of anilines is 1. The number of benzene rings is 1. The van der Waals surface area contributed by atoms with Gasteiger partial charge in [0.05, 0.1) is 28.6 Å². The van der Waals surface area contributed by atoms with Gasteiger partial charge in [-0.3, -0.25) is 4.68 Å². The number of rotatable bonds is 2. The molecule has 2 aromatic heterocycles. The molecule has 0 fully saturated rings. The summed E-state index contributed by atoms with van der Waals surface area (Å²) in [6.45, 7) is 2.77. The molecule has 3 rings (SSSR count). The first-order chi connectivity index (χ1) is 8.20. The van der Waals surface area contributed by atoms with Gasteiger partial charge in [-0.05, 0) is 24.6 Å². The van der Waals surface area contributed by atoms with E-state index in [-0.39, 0.29) is 0 Å². The highest BCUT2D eigenvalue weighted by molar-refractivity contribution is 7.18. The highest BCUT2D eigenvalue weighted by atomic mass is 32.1. The number of aryl methyl sites for hydroxylation is 1. The van der Waals surface area contributed by atoms with E-state index in [1.165, 1.54) is 10.3 Å². The Morgan fingerprint density at radius 2 is 2.29 bits per heavy atom. The van der Waals surface area contributed by atoms with Gasteiger partial charge in [0.15, 0.2) is 0 Å². The summed E-state index contributed by atoms with van der Waals surface area (Å²) in [5.74, 6) is 0. The fourth-order valence-corrected chi connectivity index (χ4v) is 2.81. The Kier molecular flexibility index (Phi) is 2.33. The molecule has 0 bridgehead atoms. The Morgan fingerprint density at radius 1 is 1.41 bits per heavy atom. The first-order valence-corrected chi connectivity index (χ1v) is 6.16. The SMILES string of the molecule is Cc1ccc2nc(Cn3cc(N)cn3)sc2c1. The minimum absolute atomic E-state index is 0.676. The maximum absolute atomic E-state index is 5.63. The number of aromatic nitrogens is 3. The smallest absolute Gasteiger partial charge is 0.115 e. The lowest BCUT2D eigenvalue weighted by molar-refractivity contribution is 0.684. The molecule has 0 aliphatic heterocycles. The van der Waals surface area contributed by atoms with Gasteiger partial charge in [0.25, 0.3) is 0 Å². The molecule has 0 spiro atoms. The summed E-state index contributed by atoms with van der Waals surface area (Å²) in [5.41, 5.74) is 8.62. The van der Waals surface area contributed by atoms with E-state index >= 15 is 0 Å². The first kappa shape index (κ1) is 10.3. The van der Waals surface area contributed by atoms with Crippen LogP contribution in [0.4, 0.5) is 5.69 Å². The monoisotopic (exact) mass is 244 g/mol. The molecule has 17 heavy (non-hydrogen) atoms. The Labute approximate surface area is 103 Å². The third-order valence-corrected chi connectivity index (χ3v) is 3.54. The summed E-state index contributed by atoms with van der Waals surface area (Å²) in [4.78, 5) is 4.58. The lowest BCUT2D eigenvalue weighted by Crippen LogP contribution is -1.98. The average Bonchev–Trinajstić information content (AvgIpc) is 2.84. The van der Waals surface area contributed by atoms with Crippen molar-refractivity contribution in [2.75, 3.05) is 5.73 Å². The van der Waals surface area contributed by atoms with E-state index in [1.807, 2.05) is 6.20 Å². The van der Waals surface area contributed by atoms with Crippen LogP contribution in [0.25, 0.3) is 10.2 Å². The van der Waals surface area contributed by atoms with Crippen LogP contribution in [-0.4, -0.2) is 14.8 Å². The van der Waals surface area contributed by atoms with Crippen LogP contribution in [0.15, 0.2) is 30.6 Å². The van der Waals surface area contributed by atoms with E-state index in [9.17, 15) is 0 Å². The maximum atomic E-state index is 5.63. The number of hydrogen-bond acceptors (Lipinski definition) is 4. The second-order valence-corrected chi connectivity index (χ2v) is 5.17. The van der Waals surface area contributed by atoms with Crippen molar-refractivity contribution in [2.45, 2.75) is 13.5 Å². The Balaban J connectivity index is 1.95. The number of nitrogens with zero attached hydrogens (tertiary/aromatic N) is 3. The lowest BCUT2D eigenvalue weighted by atomic mass is 10.2. The molecule has 3 aromatic rings. The van der Waals surface area contributed by atoms with Crippen molar-refractivity contribution in [3.05, 3.63) is 41.2 Å². The fraction of sp³-hybridized carbons (Fsp3) is 0.167. The molecular weight excluding hydrogens is 232 g/mol. The van der Waals surface area contributed by atoms with E-state index in [0.29, 0.717) is 12.2 Å². The summed E-state index contributed by atoms with van der Waals surface area (Å²) in [5, 5.41) is 5.21. The first-order valence-electron chi connectivity index (χ1n) is 5.35. The predicted molar refractivity (Wildman–Crippen MR) is 70.1 cm³/mol. The van der Waals surface area contributed by atoms with E-state index < -0.39 is 0 Å². The Bertz CT molecular complexity index is 668. The molecule has 2 N–H and O–H groups in total. The van der Waals surface area contributed by atoms with Crippen LogP contribution in [0.5, 0.6) is 0 Å². The standard InChI is InChI=1S/C12H12N4S/c1-8-2-3-10-11(4-8)17-12(15-10)7-16-6-9(13)5-14-16/h2-6H,7,13H2,1H3. The van der Waals surface area contributed by atoms with Crippen LogP contribution in [0.1, 0.15) is 10.6 Å². The zero-order valence-corrected chi connectivity index (χ0v) is 10.2. The summed E-state index contributed by atoms with van der Waals surface area (Å²) >= 11 is 1.70. The molecule has 0 aliphatic carbocycles. The molecular formula is C12H12N4S. The zero-order chi connectivity index (χ0) is 11.8. The average molecular weight is 244 g/mol. The Hall–Kier alpha value is -1.88. The van der Waals surface area contributed by atoms with Crippen molar-refractivity contribution in [1.29, 1.82) is 0 Å². The van der Waals surface area contributed by atoms with Crippen LogP contribution < -0.4 is 5.73 Å². The van der Waals surface area contributed by atoms with Crippen molar-refractivity contribution in [3.63, 3.8) is 0 Å². The molecule has 0 unspecified atom stereocenters. The third-order valence-electron chi connectivity index (χ3n) is 2.54. The van der Waals surface area contributed by atoms with E-state index in [0.717, 1.165) is 10.5 Å². The van der Waals surface area contributed by atoms with E-state index in [2.05, 4.69) is 35.2 Å².